The van der Waals surface area contributed by atoms with E-state index in [1.165, 1.54) is 4.90 Å². The summed E-state index contributed by atoms with van der Waals surface area (Å²) in [6.45, 7) is 3.72. The van der Waals surface area contributed by atoms with Crippen LogP contribution in [0.5, 0.6) is 0 Å². The molecule has 1 amide bonds. The smallest absolute Gasteiger partial charge is 0.326 e. The van der Waals surface area contributed by atoms with Crippen molar-refractivity contribution in [2.24, 2.45) is 5.73 Å². The number of β-amino-alcohol motifs (C(OH)–C–C–N with tert-alkyl or cyclic N) is 1. The van der Waals surface area contributed by atoms with Crippen LogP contribution in [0.25, 0.3) is 0 Å². The van der Waals surface area contributed by atoms with Crippen LogP contribution in [0.3, 0.4) is 0 Å². The van der Waals surface area contributed by atoms with Gasteiger partial charge in [0.2, 0.25) is 5.91 Å². The van der Waals surface area contributed by atoms with Crippen LogP contribution < -0.4 is 5.73 Å². The van der Waals surface area contributed by atoms with E-state index in [4.69, 9.17) is 10.8 Å². The number of aliphatic hydroxyl groups excluding tert-OH is 1. The number of amides is 1. The summed E-state index contributed by atoms with van der Waals surface area (Å²) in [5, 5.41) is 18.4. The quantitative estimate of drug-likeness (QED) is 0.621. The third-order valence-corrected chi connectivity index (χ3v) is 2.87. The van der Waals surface area contributed by atoms with E-state index in [0.29, 0.717) is 6.42 Å². The van der Waals surface area contributed by atoms with Crippen LogP contribution in [0.2, 0.25) is 0 Å². The Bertz CT molecular complexity index is 311. The van der Waals surface area contributed by atoms with E-state index in [1.807, 2.05) is 13.8 Å². The summed E-state index contributed by atoms with van der Waals surface area (Å²) in [5.41, 5.74) is 5.32. The highest BCUT2D eigenvalue weighted by atomic mass is 16.4. The van der Waals surface area contributed by atoms with Gasteiger partial charge in [-0.25, -0.2) is 4.79 Å². The topological polar surface area (TPSA) is 104 Å². The van der Waals surface area contributed by atoms with Crippen molar-refractivity contribution < 1.29 is 19.8 Å². The molecule has 1 fully saturated rings. The standard InChI is InChI=1S/C11H20N2O4/c1-11(2,12)4-3-9(15)13-6-7(14)5-8(13)10(16)17/h7-8,14H,3-6,12H2,1-2H3,(H,16,17)/t7?,8-/m1/s1. The Kier molecular flexibility index (Phi) is 4.11. The van der Waals surface area contributed by atoms with Gasteiger partial charge in [-0.3, -0.25) is 4.79 Å². The predicted molar refractivity (Wildman–Crippen MR) is 61.3 cm³/mol. The molecule has 0 aliphatic carbocycles. The molecular weight excluding hydrogens is 224 g/mol. The lowest BCUT2D eigenvalue weighted by Crippen LogP contribution is -2.42. The molecule has 0 saturated carbocycles. The number of carboxylic acids is 1. The largest absolute Gasteiger partial charge is 0.480 e. The molecule has 17 heavy (non-hydrogen) atoms. The van der Waals surface area contributed by atoms with Crippen molar-refractivity contribution in [3.63, 3.8) is 0 Å². The molecule has 0 aromatic heterocycles. The summed E-state index contributed by atoms with van der Waals surface area (Å²) in [7, 11) is 0. The number of carbonyl (C=O) groups excluding carboxylic acids is 1. The molecule has 4 N–H and O–H groups in total. The van der Waals surface area contributed by atoms with E-state index in [9.17, 15) is 14.7 Å². The van der Waals surface area contributed by atoms with E-state index < -0.39 is 23.7 Å². The van der Waals surface area contributed by atoms with Gasteiger partial charge in [0.05, 0.1) is 6.10 Å². The van der Waals surface area contributed by atoms with Gasteiger partial charge in [-0.1, -0.05) is 0 Å². The van der Waals surface area contributed by atoms with Crippen LogP contribution in [0.1, 0.15) is 33.1 Å². The van der Waals surface area contributed by atoms with Crippen molar-refractivity contribution in [1.82, 2.24) is 4.90 Å². The van der Waals surface area contributed by atoms with E-state index in [-0.39, 0.29) is 25.3 Å². The van der Waals surface area contributed by atoms with Crippen LogP contribution in [0.15, 0.2) is 0 Å². The molecule has 0 spiro atoms. The van der Waals surface area contributed by atoms with Gasteiger partial charge in [0, 0.05) is 24.9 Å². The van der Waals surface area contributed by atoms with Crippen LogP contribution in [-0.4, -0.2) is 51.2 Å². The van der Waals surface area contributed by atoms with E-state index >= 15 is 0 Å². The van der Waals surface area contributed by atoms with Gasteiger partial charge in [-0.2, -0.15) is 0 Å². The van der Waals surface area contributed by atoms with Gasteiger partial charge >= 0.3 is 5.97 Å². The van der Waals surface area contributed by atoms with Crippen molar-refractivity contribution >= 4 is 11.9 Å². The number of aliphatic hydroxyl groups is 1. The van der Waals surface area contributed by atoms with Crippen LogP contribution in [0, 0.1) is 0 Å². The maximum absolute atomic E-state index is 11.8. The average Bonchev–Trinajstić information content (AvgIpc) is 2.55. The SMILES string of the molecule is CC(C)(N)CCC(=O)N1CC(O)C[C@@H]1C(=O)O. The summed E-state index contributed by atoms with van der Waals surface area (Å²) < 4.78 is 0. The molecule has 0 aromatic rings. The highest BCUT2D eigenvalue weighted by Crippen LogP contribution is 2.20. The Labute approximate surface area is 100 Å². The zero-order valence-corrected chi connectivity index (χ0v) is 10.2. The Morgan fingerprint density at radius 1 is 1.47 bits per heavy atom. The minimum atomic E-state index is -1.07. The first-order valence-electron chi connectivity index (χ1n) is 5.70. The predicted octanol–water partition coefficient (Wildman–Crippen LogP) is -0.450. The summed E-state index contributed by atoms with van der Waals surface area (Å²) in [4.78, 5) is 24.0. The first-order valence-corrected chi connectivity index (χ1v) is 5.70. The molecule has 1 saturated heterocycles. The van der Waals surface area contributed by atoms with Gasteiger partial charge in [-0.05, 0) is 20.3 Å². The molecule has 2 atom stereocenters. The molecule has 1 heterocycles. The zero-order valence-electron chi connectivity index (χ0n) is 10.2. The van der Waals surface area contributed by atoms with Crippen molar-refractivity contribution in [3.8, 4) is 0 Å². The monoisotopic (exact) mass is 244 g/mol. The molecule has 1 unspecified atom stereocenters. The lowest BCUT2D eigenvalue weighted by Gasteiger charge is -2.24. The molecule has 6 heteroatoms. The number of carboxylic acid groups (broad SMARTS) is 1. The van der Waals surface area contributed by atoms with Crippen molar-refractivity contribution in [2.45, 2.75) is 50.8 Å². The third-order valence-electron chi connectivity index (χ3n) is 2.87. The maximum Gasteiger partial charge on any atom is 0.326 e. The number of rotatable bonds is 4. The summed E-state index contributed by atoms with van der Waals surface area (Å²) in [6.07, 6.45) is 0.0589. The first kappa shape index (κ1) is 13.9. The summed E-state index contributed by atoms with van der Waals surface area (Å²) >= 11 is 0. The molecule has 1 rings (SSSR count). The second kappa shape index (κ2) is 5.01. The number of nitrogens with two attached hydrogens (primary N) is 1. The Hall–Kier alpha value is -1.14. The number of likely N-dealkylation sites (tertiary alicyclic amines) is 1. The summed E-state index contributed by atoms with van der Waals surface area (Å²) in [6, 6.07) is -0.904. The lowest BCUT2D eigenvalue weighted by atomic mass is 9.99. The molecule has 0 aromatic carbocycles. The van der Waals surface area contributed by atoms with Gasteiger partial charge in [0.25, 0.3) is 0 Å². The molecule has 98 valence electrons. The van der Waals surface area contributed by atoms with Gasteiger partial charge in [-0.15, -0.1) is 0 Å². The Morgan fingerprint density at radius 3 is 2.53 bits per heavy atom. The molecular formula is C11H20N2O4. The zero-order chi connectivity index (χ0) is 13.2. The van der Waals surface area contributed by atoms with Crippen molar-refractivity contribution in [1.29, 1.82) is 0 Å². The fraction of sp³-hybridized carbons (Fsp3) is 0.818. The highest BCUT2D eigenvalue weighted by Gasteiger charge is 2.38. The lowest BCUT2D eigenvalue weighted by molar-refractivity contribution is -0.148. The fourth-order valence-electron chi connectivity index (χ4n) is 1.90. The van der Waals surface area contributed by atoms with Crippen molar-refractivity contribution in [3.05, 3.63) is 0 Å². The third kappa shape index (κ3) is 3.98. The molecule has 1 aliphatic heterocycles. The van der Waals surface area contributed by atoms with E-state index in [1.54, 1.807) is 0 Å². The van der Waals surface area contributed by atoms with E-state index in [2.05, 4.69) is 0 Å². The number of hydrogen-bond donors (Lipinski definition) is 3. The molecule has 1 aliphatic rings. The van der Waals surface area contributed by atoms with Crippen molar-refractivity contribution in [2.75, 3.05) is 6.54 Å². The van der Waals surface area contributed by atoms with Gasteiger partial charge in [0.15, 0.2) is 0 Å². The van der Waals surface area contributed by atoms with Gasteiger partial charge < -0.3 is 20.8 Å². The van der Waals surface area contributed by atoms with Crippen LogP contribution >= 0.6 is 0 Å². The molecule has 0 radical (unpaired) electrons. The molecule has 6 nitrogen and oxygen atoms in total. The second-order valence-electron chi connectivity index (χ2n) is 5.28. The van der Waals surface area contributed by atoms with E-state index in [0.717, 1.165) is 0 Å². The maximum atomic E-state index is 11.8. The Morgan fingerprint density at radius 2 is 2.06 bits per heavy atom. The minimum absolute atomic E-state index is 0.0980. The molecule has 0 bridgehead atoms. The van der Waals surface area contributed by atoms with Crippen LogP contribution in [0.4, 0.5) is 0 Å². The Balaban J connectivity index is 2.59. The average molecular weight is 244 g/mol. The number of nitrogens with zero attached hydrogens (tertiary/aromatic N) is 1. The second-order valence-corrected chi connectivity index (χ2v) is 5.28. The first-order chi connectivity index (χ1) is 7.70. The number of carbonyl (C=O) groups is 2. The van der Waals surface area contributed by atoms with Gasteiger partial charge in [0.1, 0.15) is 6.04 Å². The fourth-order valence-corrected chi connectivity index (χ4v) is 1.90. The number of hydrogen-bond acceptors (Lipinski definition) is 4. The minimum Gasteiger partial charge on any atom is -0.480 e. The number of aliphatic carboxylic acids is 1. The summed E-state index contributed by atoms with van der Waals surface area (Å²) in [5.74, 6) is -1.32. The van der Waals surface area contributed by atoms with Crippen LogP contribution in [-0.2, 0) is 9.59 Å². The normalized spacial score (nSPS) is 25.1. The highest BCUT2D eigenvalue weighted by molar-refractivity contribution is 5.84.